The standard InChI is InChI=1S/C13H25N3O2/c1-15(2)13(5-4-6-13)10-16(3)12(17)11-9-14-7-8-18-11/h11,14H,4-10H2,1-3H3. The Bertz CT molecular complexity index is 297. The number of hydrogen-bond donors (Lipinski definition) is 1. The van der Waals surface area contributed by atoms with Crippen molar-refractivity contribution in [2.75, 3.05) is 47.4 Å². The van der Waals surface area contributed by atoms with E-state index >= 15 is 0 Å². The highest BCUT2D eigenvalue weighted by Gasteiger charge is 2.41. The average Bonchev–Trinajstić information content (AvgIpc) is 2.33. The minimum Gasteiger partial charge on any atom is -0.366 e. The largest absolute Gasteiger partial charge is 0.366 e. The molecule has 1 saturated carbocycles. The lowest BCUT2D eigenvalue weighted by molar-refractivity contribution is -0.146. The van der Waals surface area contributed by atoms with Crippen molar-refractivity contribution < 1.29 is 9.53 Å². The third-order valence-electron chi connectivity index (χ3n) is 4.34. The molecule has 0 radical (unpaired) electrons. The van der Waals surface area contributed by atoms with E-state index in [1.807, 2.05) is 11.9 Å². The summed E-state index contributed by atoms with van der Waals surface area (Å²) in [5.74, 6) is 0.107. The van der Waals surface area contributed by atoms with Gasteiger partial charge in [-0.1, -0.05) is 0 Å². The van der Waals surface area contributed by atoms with Crippen LogP contribution in [0.5, 0.6) is 0 Å². The van der Waals surface area contributed by atoms with Gasteiger partial charge in [-0.3, -0.25) is 4.79 Å². The highest BCUT2D eigenvalue weighted by molar-refractivity contribution is 5.81. The summed E-state index contributed by atoms with van der Waals surface area (Å²) in [5, 5.41) is 3.20. The fraction of sp³-hybridized carbons (Fsp3) is 0.923. The Morgan fingerprint density at radius 3 is 2.56 bits per heavy atom. The first-order chi connectivity index (χ1) is 8.55. The van der Waals surface area contributed by atoms with Gasteiger partial charge in [-0.05, 0) is 33.4 Å². The number of hydrogen-bond acceptors (Lipinski definition) is 4. The maximum atomic E-state index is 12.3. The van der Waals surface area contributed by atoms with Crippen LogP contribution in [0.25, 0.3) is 0 Å². The zero-order valence-electron chi connectivity index (χ0n) is 11.7. The van der Waals surface area contributed by atoms with Crippen LogP contribution in [-0.2, 0) is 9.53 Å². The van der Waals surface area contributed by atoms with Crippen LogP contribution in [0, 0.1) is 0 Å². The molecule has 0 aromatic rings. The molecule has 18 heavy (non-hydrogen) atoms. The molecular formula is C13H25N3O2. The Morgan fingerprint density at radius 2 is 2.11 bits per heavy atom. The van der Waals surface area contributed by atoms with Crippen LogP contribution in [0.4, 0.5) is 0 Å². The SMILES string of the molecule is CN(CC1(N(C)C)CCC1)C(=O)C1CNCCO1. The number of likely N-dealkylation sites (N-methyl/N-ethyl adjacent to an activating group) is 2. The average molecular weight is 255 g/mol. The summed E-state index contributed by atoms with van der Waals surface area (Å²) in [4.78, 5) is 16.4. The summed E-state index contributed by atoms with van der Waals surface area (Å²) in [7, 11) is 6.11. The van der Waals surface area contributed by atoms with E-state index in [2.05, 4.69) is 24.3 Å². The highest BCUT2D eigenvalue weighted by Crippen LogP contribution is 2.36. The van der Waals surface area contributed by atoms with Crippen molar-refractivity contribution in [1.82, 2.24) is 15.1 Å². The summed E-state index contributed by atoms with van der Waals surface area (Å²) >= 11 is 0. The number of nitrogens with zero attached hydrogens (tertiary/aromatic N) is 2. The lowest BCUT2D eigenvalue weighted by Crippen LogP contribution is -2.59. The second-order valence-corrected chi connectivity index (χ2v) is 5.73. The van der Waals surface area contributed by atoms with E-state index in [0.29, 0.717) is 13.2 Å². The van der Waals surface area contributed by atoms with Gasteiger partial charge in [-0.15, -0.1) is 0 Å². The van der Waals surface area contributed by atoms with Crippen molar-refractivity contribution in [1.29, 1.82) is 0 Å². The Kier molecular flexibility index (Phi) is 4.25. The van der Waals surface area contributed by atoms with E-state index in [1.54, 1.807) is 0 Å². The minimum absolute atomic E-state index is 0.107. The van der Waals surface area contributed by atoms with Crippen LogP contribution in [0.1, 0.15) is 19.3 Å². The molecule has 2 fully saturated rings. The first kappa shape index (κ1) is 13.8. The number of morpholine rings is 1. The summed E-state index contributed by atoms with van der Waals surface area (Å²) in [6.07, 6.45) is 3.33. The van der Waals surface area contributed by atoms with Crippen LogP contribution in [0.15, 0.2) is 0 Å². The molecule has 2 aliphatic rings. The van der Waals surface area contributed by atoms with Crippen LogP contribution in [0.2, 0.25) is 0 Å². The lowest BCUT2D eigenvalue weighted by atomic mass is 9.75. The summed E-state index contributed by atoms with van der Waals surface area (Å²) in [6, 6.07) is 0. The van der Waals surface area contributed by atoms with Crippen LogP contribution in [0.3, 0.4) is 0 Å². The van der Waals surface area contributed by atoms with Gasteiger partial charge in [0, 0.05) is 32.2 Å². The zero-order valence-corrected chi connectivity index (χ0v) is 11.7. The minimum atomic E-state index is -0.303. The van der Waals surface area contributed by atoms with Gasteiger partial charge in [0.25, 0.3) is 5.91 Å². The molecular weight excluding hydrogens is 230 g/mol. The number of amides is 1. The summed E-state index contributed by atoms with van der Waals surface area (Å²) < 4.78 is 5.52. The monoisotopic (exact) mass is 255 g/mol. The maximum absolute atomic E-state index is 12.3. The molecule has 1 aliphatic heterocycles. The molecule has 104 valence electrons. The first-order valence-corrected chi connectivity index (χ1v) is 6.80. The lowest BCUT2D eigenvalue weighted by Gasteiger charge is -2.49. The molecule has 1 atom stereocenters. The molecule has 1 unspecified atom stereocenters. The van der Waals surface area contributed by atoms with E-state index in [1.165, 1.54) is 19.3 Å². The fourth-order valence-corrected chi connectivity index (χ4v) is 2.82. The molecule has 0 spiro atoms. The van der Waals surface area contributed by atoms with Gasteiger partial charge in [-0.25, -0.2) is 0 Å². The second kappa shape index (κ2) is 5.55. The Labute approximate surface area is 109 Å². The number of nitrogens with one attached hydrogen (secondary N) is 1. The second-order valence-electron chi connectivity index (χ2n) is 5.73. The smallest absolute Gasteiger partial charge is 0.252 e. The van der Waals surface area contributed by atoms with Crippen molar-refractivity contribution in [2.45, 2.75) is 30.9 Å². The predicted molar refractivity (Wildman–Crippen MR) is 70.5 cm³/mol. The molecule has 5 nitrogen and oxygen atoms in total. The summed E-state index contributed by atoms with van der Waals surface area (Å²) in [5.41, 5.74) is 0.187. The maximum Gasteiger partial charge on any atom is 0.252 e. The quantitative estimate of drug-likeness (QED) is 0.763. The number of carbonyl (C=O) groups is 1. The van der Waals surface area contributed by atoms with Gasteiger partial charge >= 0.3 is 0 Å². The van der Waals surface area contributed by atoms with Crippen LogP contribution in [-0.4, -0.2) is 74.7 Å². The number of rotatable bonds is 4. The first-order valence-electron chi connectivity index (χ1n) is 6.80. The van der Waals surface area contributed by atoms with E-state index in [4.69, 9.17) is 4.74 Å². The molecule has 0 aromatic heterocycles. The van der Waals surface area contributed by atoms with Gasteiger partial charge in [0.05, 0.1) is 6.61 Å². The van der Waals surface area contributed by atoms with Crippen LogP contribution < -0.4 is 5.32 Å². The van der Waals surface area contributed by atoms with E-state index < -0.39 is 0 Å². The topological polar surface area (TPSA) is 44.8 Å². The number of ether oxygens (including phenoxy) is 1. The van der Waals surface area contributed by atoms with Gasteiger partial charge in [0.2, 0.25) is 0 Å². The van der Waals surface area contributed by atoms with Gasteiger partial charge in [-0.2, -0.15) is 0 Å². The number of carbonyl (C=O) groups excluding carboxylic acids is 1. The molecule has 5 heteroatoms. The van der Waals surface area contributed by atoms with Gasteiger partial charge in [0.15, 0.2) is 0 Å². The predicted octanol–water partition coefficient (Wildman–Crippen LogP) is -0.0825. The Morgan fingerprint density at radius 1 is 1.39 bits per heavy atom. The van der Waals surface area contributed by atoms with E-state index in [0.717, 1.165) is 13.1 Å². The Balaban J connectivity index is 1.90. The third kappa shape index (κ3) is 2.68. The molecule has 1 saturated heterocycles. The van der Waals surface area contributed by atoms with Crippen molar-refractivity contribution in [3.05, 3.63) is 0 Å². The highest BCUT2D eigenvalue weighted by atomic mass is 16.5. The van der Waals surface area contributed by atoms with E-state index in [-0.39, 0.29) is 17.6 Å². The molecule has 1 N–H and O–H groups in total. The summed E-state index contributed by atoms with van der Waals surface area (Å²) in [6.45, 7) is 2.91. The molecule has 1 aliphatic carbocycles. The molecule has 0 bridgehead atoms. The van der Waals surface area contributed by atoms with Crippen molar-refractivity contribution in [3.63, 3.8) is 0 Å². The fourth-order valence-electron chi connectivity index (χ4n) is 2.82. The molecule has 0 aromatic carbocycles. The molecule has 2 rings (SSSR count). The normalized spacial score (nSPS) is 26.8. The Hall–Kier alpha value is -0.650. The zero-order chi connectivity index (χ0) is 13.2. The molecule has 1 amide bonds. The van der Waals surface area contributed by atoms with Gasteiger partial charge in [0.1, 0.15) is 6.10 Å². The van der Waals surface area contributed by atoms with E-state index in [9.17, 15) is 4.79 Å². The van der Waals surface area contributed by atoms with Crippen LogP contribution >= 0.6 is 0 Å². The van der Waals surface area contributed by atoms with Gasteiger partial charge < -0.3 is 19.9 Å². The third-order valence-corrected chi connectivity index (χ3v) is 4.34. The molecule has 1 heterocycles. The van der Waals surface area contributed by atoms with Crippen molar-refractivity contribution in [2.24, 2.45) is 0 Å². The van der Waals surface area contributed by atoms with Crippen molar-refractivity contribution in [3.8, 4) is 0 Å². The van der Waals surface area contributed by atoms with Crippen molar-refractivity contribution >= 4 is 5.91 Å².